The molecule has 3 heterocycles. The van der Waals surface area contributed by atoms with Crippen molar-refractivity contribution in [1.82, 2.24) is 10.1 Å². The summed E-state index contributed by atoms with van der Waals surface area (Å²) >= 11 is 0. The van der Waals surface area contributed by atoms with Crippen LogP contribution in [0.3, 0.4) is 0 Å². The zero-order valence-electron chi connectivity index (χ0n) is 11.4. The van der Waals surface area contributed by atoms with E-state index in [9.17, 15) is 0 Å². The number of hydrogen-bond acceptors (Lipinski definition) is 5. The van der Waals surface area contributed by atoms with Crippen LogP contribution in [-0.2, 0) is 0 Å². The molecule has 1 unspecified atom stereocenters. The maximum Gasteiger partial charge on any atom is 0.266 e. The van der Waals surface area contributed by atoms with Gasteiger partial charge in [-0.1, -0.05) is 18.2 Å². The Bertz CT molecular complexity index is 603. The minimum atomic E-state index is 0.178. The first-order valence-corrected chi connectivity index (χ1v) is 7.33. The van der Waals surface area contributed by atoms with Gasteiger partial charge in [-0.15, -0.1) is 0 Å². The number of hydrogen-bond donors (Lipinski definition) is 1. The van der Waals surface area contributed by atoms with Gasteiger partial charge in [-0.3, -0.25) is 0 Å². The number of aromatic nitrogens is 2. The molecule has 0 amide bonds. The molecule has 20 heavy (non-hydrogen) atoms. The molecule has 5 nitrogen and oxygen atoms in total. The monoisotopic (exact) mass is 270 g/mol. The van der Waals surface area contributed by atoms with Crippen LogP contribution in [0.4, 0.5) is 11.6 Å². The van der Waals surface area contributed by atoms with E-state index < -0.39 is 0 Å². The molecule has 1 aromatic carbocycles. The highest BCUT2D eigenvalue weighted by Crippen LogP contribution is 2.35. The number of fused-ring (bicyclic) bond motifs is 1. The molecule has 2 aromatic rings. The van der Waals surface area contributed by atoms with Crippen LogP contribution in [0.25, 0.3) is 0 Å². The summed E-state index contributed by atoms with van der Waals surface area (Å²) in [6.45, 7) is 2.91. The summed E-state index contributed by atoms with van der Waals surface area (Å²) in [6, 6.07) is 8.32. The highest BCUT2D eigenvalue weighted by atomic mass is 16.5. The lowest BCUT2D eigenvalue weighted by Gasteiger charge is -2.24. The van der Waals surface area contributed by atoms with Crippen molar-refractivity contribution in [2.75, 3.05) is 29.9 Å². The van der Waals surface area contributed by atoms with Crippen LogP contribution < -0.4 is 10.2 Å². The molecule has 1 fully saturated rings. The number of anilines is 2. The molecule has 0 radical (unpaired) electrons. The molecule has 0 bridgehead atoms. The van der Waals surface area contributed by atoms with Gasteiger partial charge in [-0.25, -0.2) is 0 Å². The predicted molar refractivity (Wildman–Crippen MR) is 77.1 cm³/mol. The second-order valence-electron chi connectivity index (χ2n) is 5.50. The van der Waals surface area contributed by atoms with Crippen molar-refractivity contribution in [2.24, 2.45) is 0 Å². The topological polar surface area (TPSA) is 54.2 Å². The fourth-order valence-electron chi connectivity index (χ4n) is 3.10. The van der Waals surface area contributed by atoms with E-state index in [0.717, 1.165) is 31.5 Å². The summed E-state index contributed by atoms with van der Waals surface area (Å²) < 4.78 is 5.52. The Morgan fingerprint density at radius 3 is 2.90 bits per heavy atom. The van der Waals surface area contributed by atoms with Gasteiger partial charge in [-0.2, -0.15) is 4.98 Å². The first-order valence-electron chi connectivity index (χ1n) is 7.33. The Labute approximate surface area is 118 Å². The van der Waals surface area contributed by atoms with Crippen molar-refractivity contribution < 1.29 is 4.52 Å². The van der Waals surface area contributed by atoms with E-state index in [-0.39, 0.29) is 5.92 Å². The smallest absolute Gasteiger partial charge is 0.266 e. The number of nitrogens with zero attached hydrogens (tertiary/aromatic N) is 3. The van der Waals surface area contributed by atoms with Gasteiger partial charge in [0.15, 0.2) is 0 Å². The minimum Gasteiger partial charge on any atom is -0.384 e. The van der Waals surface area contributed by atoms with E-state index in [2.05, 4.69) is 38.6 Å². The second-order valence-corrected chi connectivity index (χ2v) is 5.50. The van der Waals surface area contributed by atoms with Crippen molar-refractivity contribution in [3.05, 3.63) is 35.7 Å². The maximum absolute atomic E-state index is 5.52. The SMILES string of the molecule is c1ccc2c(c1)NCC2c1nc(N2CCCCC2)no1. The van der Waals surface area contributed by atoms with Gasteiger partial charge in [0.05, 0.1) is 5.92 Å². The van der Waals surface area contributed by atoms with Crippen molar-refractivity contribution in [2.45, 2.75) is 25.2 Å². The molecule has 4 rings (SSSR count). The van der Waals surface area contributed by atoms with E-state index in [1.807, 2.05) is 6.07 Å². The van der Waals surface area contributed by atoms with Crippen molar-refractivity contribution in [3.63, 3.8) is 0 Å². The van der Waals surface area contributed by atoms with Crippen LogP contribution >= 0.6 is 0 Å². The molecule has 1 saturated heterocycles. The quantitative estimate of drug-likeness (QED) is 0.909. The molecule has 0 aliphatic carbocycles. The summed E-state index contributed by atoms with van der Waals surface area (Å²) in [4.78, 5) is 6.85. The van der Waals surface area contributed by atoms with Crippen molar-refractivity contribution in [1.29, 1.82) is 0 Å². The number of rotatable bonds is 2. The van der Waals surface area contributed by atoms with Crippen LogP contribution in [-0.4, -0.2) is 29.8 Å². The Morgan fingerprint density at radius 2 is 2.00 bits per heavy atom. The Morgan fingerprint density at radius 1 is 1.15 bits per heavy atom. The predicted octanol–water partition coefficient (Wildman–Crippen LogP) is 2.62. The third-order valence-corrected chi connectivity index (χ3v) is 4.20. The molecule has 1 aromatic heterocycles. The Balaban J connectivity index is 1.59. The Hall–Kier alpha value is -2.04. The lowest BCUT2D eigenvalue weighted by Crippen LogP contribution is -2.30. The summed E-state index contributed by atoms with van der Waals surface area (Å²) in [5, 5.41) is 7.57. The van der Waals surface area contributed by atoms with E-state index >= 15 is 0 Å². The van der Waals surface area contributed by atoms with Gasteiger partial charge >= 0.3 is 0 Å². The van der Waals surface area contributed by atoms with Crippen LogP contribution in [0, 0.1) is 0 Å². The normalized spacial score (nSPS) is 21.6. The van der Waals surface area contributed by atoms with E-state index in [4.69, 9.17) is 4.52 Å². The molecule has 2 aliphatic rings. The summed E-state index contributed by atoms with van der Waals surface area (Å²) in [6.07, 6.45) is 3.75. The van der Waals surface area contributed by atoms with Gasteiger partial charge in [0.1, 0.15) is 0 Å². The average Bonchev–Trinajstić information content (AvgIpc) is 3.14. The fourth-order valence-corrected chi connectivity index (χ4v) is 3.10. The first kappa shape index (κ1) is 11.8. The largest absolute Gasteiger partial charge is 0.384 e. The van der Waals surface area contributed by atoms with Crippen molar-refractivity contribution >= 4 is 11.6 Å². The maximum atomic E-state index is 5.52. The molecular weight excluding hydrogens is 252 g/mol. The molecule has 1 N–H and O–H groups in total. The number of piperidine rings is 1. The molecular formula is C15H18N4O. The summed E-state index contributed by atoms with van der Waals surface area (Å²) in [5.41, 5.74) is 2.43. The van der Waals surface area contributed by atoms with E-state index in [1.54, 1.807) is 0 Å². The highest BCUT2D eigenvalue weighted by molar-refractivity contribution is 5.59. The van der Waals surface area contributed by atoms with Crippen LogP contribution in [0.2, 0.25) is 0 Å². The minimum absolute atomic E-state index is 0.178. The van der Waals surface area contributed by atoms with Crippen LogP contribution in [0.1, 0.15) is 36.6 Å². The fraction of sp³-hybridized carbons (Fsp3) is 0.467. The van der Waals surface area contributed by atoms with Gasteiger partial charge in [-0.05, 0) is 36.0 Å². The standard InChI is InChI=1S/C15H18N4O/c1-4-8-19(9-5-1)15-17-14(20-18-15)12-10-16-13-7-3-2-6-11(12)13/h2-3,6-7,12,16H,1,4-5,8-10H2. The van der Waals surface area contributed by atoms with E-state index in [0.29, 0.717) is 0 Å². The van der Waals surface area contributed by atoms with Gasteiger partial charge in [0.25, 0.3) is 5.95 Å². The highest BCUT2D eigenvalue weighted by Gasteiger charge is 2.29. The lowest BCUT2D eigenvalue weighted by atomic mass is 10.0. The van der Waals surface area contributed by atoms with Crippen molar-refractivity contribution in [3.8, 4) is 0 Å². The third-order valence-electron chi connectivity index (χ3n) is 4.20. The molecule has 104 valence electrons. The first-order chi connectivity index (χ1) is 9.92. The number of benzene rings is 1. The molecule has 0 saturated carbocycles. The molecule has 2 aliphatic heterocycles. The summed E-state index contributed by atoms with van der Waals surface area (Å²) in [5.74, 6) is 1.66. The molecule has 0 spiro atoms. The second kappa shape index (κ2) is 4.81. The number of nitrogens with one attached hydrogen (secondary N) is 1. The molecule has 1 atom stereocenters. The van der Waals surface area contributed by atoms with Gasteiger partial charge in [0.2, 0.25) is 5.89 Å². The van der Waals surface area contributed by atoms with Gasteiger partial charge < -0.3 is 14.7 Å². The average molecular weight is 270 g/mol. The lowest BCUT2D eigenvalue weighted by molar-refractivity contribution is 0.368. The van der Waals surface area contributed by atoms with Crippen LogP contribution in [0.5, 0.6) is 0 Å². The summed E-state index contributed by atoms with van der Waals surface area (Å²) in [7, 11) is 0. The third kappa shape index (κ3) is 1.94. The molecule has 5 heteroatoms. The Kier molecular flexibility index (Phi) is 2.83. The van der Waals surface area contributed by atoms with Crippen LogP contribution in [0.15, 0.2) is 28.8 Å². The zero-order chi connectivity index (χ0) is 13.4. The van der Waals surface area contributed by atoms with Gasteiger partial charge in [0, 0.05) is 25.3 Å². The van der Waals surface area contributed by atoms with E-state index in [1.165, 1.54) is 30.5 Å². The zero-order valence-corrected chi connectivity index (χ0v) is 11.4. The number of para-hydroxylation sites is 1.